The van der Waals surface area contributed by atoms with E-state index < -0.39 is 12.5 Å². The minimum atomic E-state index is -2.74. The van der Waals surface area contributed by atoms with Crippen LogP contribution in [0.5, 0.6) is 5.75 Å². The van der Waals surface area contributed by atoms with Crippen molar-refractivity contribution >= 4 is 33.3 Å². The van der Waals surface area contributed by atoms with E-state index in [0.717, 1.165) is 69.1 Å². The molecule has 1 amide bonds. The quantitative estimate of drug-likeness (QED) is 0.217. The number of ether oxygens (including phenoxy) is 2. The second kappa shape index (κ2) is 12.7. The summed E-state index contributed by atoms with van der Waals surface area (Å²) in [4.78, 5) is 24.8. The molecule has 5 aromatic rings. The van der Waals surface area contributed by atoms with Crippen LogP contribution in [0.25, 0.3) is 22.0 Å². The van der Waals surface area contributed by atoms with Crippen molar-refractivity contribution < 1.29 is 23.0 Å². The number of hydrogen-bond acceptors (Lipinski definition) is 8. The van der Waals surface area contributed by atoms with E-state index in [1.165, 1.54) is 22.1 Å². The molecule has 13 heteroatoms. The highest BCUT2D eigenvalue weighted by atomic mass is 32.1. The number of amides is 1. The molecule has 5 heterocycles. The zero-order valence-electron chi connectivity index (χ0n) is 24.8. The molecule has 234 valence electrons. The lowest BCUT2D eigenvalue weighted by atomic mass is 9.95. The highest BCUT2D eigenvalue weighted by molar-refractivity contribution is 7.13. The molecule has 1 fully saturated rings. The predicted molar refractivity (Wildman–Crippen MR) is 167 cm³/mol. The topological polar surface area (TPSA) is 99.3 Å². The van der Waals surface area contributed by atoms with E-state index >= 15 is 0 Å². The first-order valence-electron chi connectivity index (χ1n) is 15.0. The predicted octanol–water partition coefficient (Wildman–Crippen LogP) is 5.49. The highest BCUT2D eigenvalue weighted by Crippen LogP contribution is 2.38. The molecule has 0 saturated carbocycles. The summed E-state index contributed by atoms with van der Waals surface area (Å²) >= 11 is 1.30. The second-order valence-corrected chi connectivity index (χ2v) is 12.1. The van der Waals surface area contributed by atoms with Gasteiger partial charge in [0.1, 0.15) is 12.4 Å². The zero-order chi connectivity index (χ0) is 30.9. The van der Waals surface area contributed by atoms with Crippen molar-refractivity contribution in [2.75, 3.05) is 44.8 Å². The SMILES string of the molecule is Cc1c(-c2ccc(OCCN3CCOCC3)cc2)cc(C(F)F)c2cn(C(C(=O)Nc3nccs3)c3ncn4c3CCC4)nc12. The Bertz CT molecular complexity index is 1800. The summed E-state index contributed by atoms with van der Waals surface area (Å²) < 4.78 is 44.0. The summed E-state index contributed by atoms with van der Waals surface area (Å²) in [6.07, 6.45) is 3.86. The molecular formula is C32H33F2N7O3S. The lowest BCUT2D eigenvalue weighted by Crippen LogP contribution is -2.38. The molecule has 0 spiro atoms. The van der Waals surface area contributed by atoms with Gasteiger partial charge in [0.05, 0.1) is 30.8 Å². The van der Waals surface area contributed by atoms with E-state index in [9.17, 15) is 13.6 Å². The third-order valence-electron chi connectivity index (χ3n) is 8.51. The number of anilines is 1. The number of carbonyl (C=O) groups excluding carboxylic acids is 1. The Hall–Kier alpha value is -4.20. The molecule has 1 saturated heterocycles. The molecular weight excluding hydrogens is 600 g/mol. The number of imidazole rings is 1. The van der Waals surface area contributed by atoms with Gasteiger partial charge in [0.2, 0.25) is 0 Å². The van der Waals surface area contributed by atoms with Gasteiger partial charge in [-0.25, -0.2) is 18.7 Å². The van der Waals surface area contributed by atoms with Crippen LogP contribution in [0.3, 0.4) is 0 Å². The molecule has 1 unspecified atom stereocenters. The van der Waals surface area contributed by atoms with Crippen molar-refractivity contribution in [3.05, 3.63) is 76.9 Å². The van der Waals surface area contributed by atoms with E-state index in [0.29, 0.717) is 39.6 Å². The molecule has 0 aliphatic carbocycles. The summed E-state index contributed by atoms with van der Waals surface area (Å²) in [7, 11) is 0. The van der Waals surface area contributed by atoms with E-state index in [-0.39, 0.29) is 11.5 Å². The Labute approximate surface area is 262 Å². The van der Waals surface area contributed by atoms with Crippen molar-refractivity contribution in [2.24, 2.45) is 0 Å². The van der Waals surface area contributed by atoms with Gasteiger partial charge in [-0.15, -0.1) is 11.3 Å². The number of benzene rings is 2. The first-order valence-corrected chi connectivity index (χ1v) is 15.9. The number of hydrogen-bond donors (Lipinski definition) is 1. The van der Waals surface area contributed by atoms with Crippen LogP contribution >= 0.6 is 11.3 Å². The fourth-order valence-corrected chi connectivity index (χ4v) is 6.70. The van der Waals surface area contributed by atoms with Crippen LogP contribution in [0.2, 0.25) is 0 Å². The first kappa shape index (κ1) is 29.5. The Balaban J connectivity index is 1.21. The largest absolute Gasteiger partial charge is 0.492 e. The molecule has 1 N–H and O–H groups in total. The maximum atomic E-state index is 14.6. The van der Waals surface area contributed by atoms with E-state index in [4.69, 9.17) is 14.6 Å². The number of carbonyl (C=O) groups is 1. The average Bonchev–Trinajstić information content (AvgIpc) is 3.86. The highest BCUT2D eigenvalue weighted by Gasteiger charge is 2.33. The Morgan fingerprint density at radius 2 is 1.98 bits per heavy atom. The van der Waals surface area contributed by atoms with Gasteiger partial charge in [0.25, 0.3) is 12.3 Å². The molecule has 2 aliphatic rings. The number of nitrogens with one attached hydrogen (secondary N) is 1. The van der Waals surface area contributed by atoms with Crippen LogP contribution < -0.4 is 10.1 Å². The molecule has 2 aliphatic heterocycles. The molecule has 0 bridgehead atoms. The van der Waals surface area contributed by atoms with Gasteiger partial charge in [0.15, 0.2) is 11.2 Å². The van der Waals surface area contributed by atoms with Crippen LogP contribution in [0, 0.1) is 6.92 Å². The number of halogens is 2. The monoisotopic (exact) mass is 633 g/mol. The van der Waals surface area contributed by atoms with Crippen LogP contribution in [-0.2, 0) is 22.5 Å². The molecule has 0 radical (unpaired) electrons. The lowest BCUT2D eigenvalue weighted by molar-refractivity contribution is -0.118. The maximum Gasteiger partial charge on any atom is 0.264 e. The number of morpholine rings is 1. The van der Waals surface area contributed by atoms with Gasteiger partial charge in [-0.1, -0.05) is 12.1 Å². The van der Waals surface area contributed by atoms with Gasteiger partial charge >= 0.3 is 0 Å². The molecule has 10 nitrogen and oxygen atoms in total. The van der Waals surface area contributed by atoms with E-state index in [1.54, 1.807) is 24.1 Å². The molecule has 7 rings (SSSR count). The van der Waals surface area contributed by atoms with Crippen LogP contribution in [0.4, 0.5) is 13.9 Å². The summed E-state index contributed by atoms with van der Waals surface area (Å²) in [6.45, 7) is 7.32. The second-order valence-electron chi connectivity index (χ2n) is 11.2. The molecule has 3 aromatic heterocycles. The van der Waals surface area contributed by atoms with Crippen molar-refractivity contribution in [2.45, 2.75) is 38.8 Å². The third kappa shape index (κ3) is 5.95. The van der Waals surface area contributed by atoms with Crippen LogP contribution in [0.1, 0.15) is 41.4 Å². The Kier molecular flexibility index (Phi) is 8.30. The van der Waals surface area contributed by atoms with Gasteiger partial charge in [-0.2, -0.15) is 5.10 Å². The van der Waals surface area contributed by atoms with E-state index in [2.05, 4.69) is 20.2 Å². The summed E-state index contributed by atoms with van der Waals surface area (Å²) in [5, 5.41) is 10.2. The number of rotatable bonds is 10. The number of fused-ring (bicyclic) bond motifs is 2. The number of thiazole rings is 1. The van der Waals surface area contributed by atoms with Crippen LogP contribution in [-0.4, -0.2) is 74.6 Å². The lowest BCUT2D eigenvalue weighted by Gasteiger charge is -2.26. The third-order valence-corrected chi connectivity index (χ3v) is 9.20. The maximum absolute atomic E-state index is 14.6. The minimum Gasteiger partial charge on any atom is -0.492 e. The number of alkyl halides is 2. The Morgan fingerprint density at radius 3 is 2.73 bits per heavy atom. The van der Waals surface area contributed by atoms with Crippen LogP contribution in [0.15, 0.2) is 54.4 Å². The molecule has 45 heavy (non-hydrogen) atoms. The summed E-state index contributed by atoms with van der Waals surface area (Å²) in [5.74, 6) is 0.331. The molecule has 1 atom stereocenters. The number of aryl methyl sites for hydroxylation is 2. The van der Waals surface area contributed by atoms with Crippen molar-refractivity contribution in [3.8, 4) is 16.9 Å². The van der Waals surface area contributed by atoms with E-state index in [1.807, 2.05) is 35.8 Å². The smallest absolute Gasteiger partial charge is 0.264 e. The van der Waals surface area contributed by atoms with Crippen molar-refractivity contribution in [3.63, 3.8) is 0 Å². The van der Waals surface area contributed by atoms with Crippen molar-refractivity contribution in [1.82, 2.24) is 29.2 Å². The number of aromatic nitrogens is 5. The minimum absolute atomic E-state index is 0.142. The first-order chi connectivity index (χ1) is 22.0. The standard InChI is InChI=1S/C32H33F2N7O3S/c1-20-23(21-4-6-22(7-5-21)44-15-12-39-10-13-43-14-11-39)17-24(30(33)34)25-18-41(38-27(20)25)29(31(42)37-32-35-8-16-45-32)28-26-3-2-9-40(26)19-36-28/h4-8,16-19,29-30H,2-3,9-15H2,1H3,(H,35,37,42). The fourth-order valence-electron chi connectivity index (χ4n) is 6.17. The Morgan fingerprint density at radius 1 is 1.16 bits per heavy atom. The normalized spacial score (nSPS) is 15.9. The number of nitrogens with zero attached hydrogens (tertiary/aromatic N) is 6. The van der Waals surface area contributed by atoms with Gasteiger partial charge in [0, 0.05) is 60.6 Å². The van der Waals surface area contributed by atoms with Gasteiger partial charge in [-0.05, 0) is 54.7 Å². The average molecular weight is 634 g/mol. The fraction of sp³-hybridized carbons (Fsp3) is 0.375. The zero-order valence-corrected chi connectivity index (χ0v) is 25.6. The van der Waals surface area contributed by atoms with Gasteiger partial charge < -0.3 is 14.0 Å². The molecule has 2 aromatic carbocycles. The summed E-state index contributed by atoms with van der Waals surface area (Å²) in [6, 6.07) is 8.04. The van der Waals surface area contributed by atoms with Crippen molar-refractivity contribution in [1.29, 1.82) is 0 Å². The summed E-state index contributed by atoms with van der Waals surface area (Å²) in [5.41, 5.74) is 3.95. The van der Waals surface area contributed by atoms with Gasteiger partial charge in [-0.3, -0.25) is 19.7 Å².